The van der Waals surface area contributed by atoms with Gasteiger partial charge in [0.25, 0.3) is 5.56 Å². The fourth-order valence-electron chi connectivity index (χ4n) is 3.78. The average molecular weight is 710 g/mol. The molecule has 0 bridgehead atoms. The van der Waals surface area contributed by atoms with Crippen LogP contribution in [0.25, 0.3) is 10.9 Å². The second-order valence-corrected chi connectivity index (χ2v) is 11.1. The van der Waals surface area contributed by atoms with Gasteiger partial charge in [-0.1, -0.05) is 41.9 Å². The third kappa shape index (κ3) is 6.18. The van der Waals surface area contributed by atoms with Crippen LogP contribution in [0.2, 0.25) is 0 Å². The van der Waals surface area contributed by atoms with Gasteiger partial charge < -0.3 is 9.47 Å². The Morgan fingerprint density at radius 1 is 1.08 bits per heavy atom. The van der Waals surface area contributed by atoms with Gasteiger partial charge in [0, 0.05) is 20.4 Å². The Morgan fingerprint density at radius 2 is 1.87 bits per heavy atom. The van der Waals surface area contributed by atoms with Crippen LogP contribution in [0.15, 0.2) is 71.8 Å². The molecule has 4 aromatic rings. The van der Waals surface area contributed by atoms with E-state index in [4.69, 9.17) is 14.5 Å². The van der Waals surface area contributed by atoms with Crippen molar-refractivity contribution in [2.75, 3.05) is 6.61 Å². The number of aromatic nitrogens is 2. The number of nitrogens with zero attached hydrogens (tertiary/aromatic N) is 3. The van der Waals surface area contributed by atoms with Crippen molar-refractivity contribution in [2.24, 2.45) is 5.10 Å². The van der Waals surface area contributed by atoms with E-state index in [0.717, 1.165) is 10.9 Å². The molecule has 0 unspecified atom stereocenters. The lowest BCUT2D eigenvalue weighted by Gasteiger charge is -2.17. The number of hydrogen-bond acceptors (Lipinski definition) is 5. The normalized spacial score (nSPS) is 12.3. The standard InChI is InChI=1S/C28H25Br3FN3O3/c1-4-16(3)27-34-22-10-9-19(29)13-21(22)28(36)35(27)33-14-18-12-23(37-5-2)26(25(31)24(18)30)38-15-17-7-6-8-20(32)11-17/h6-14,16H,4-5,15H2,1-3H3/t16-/m0/s1. The van der Waals surface area contributed by atoms with Gasteiger partial charge in [0.1, 0.15) is 18.2 Å². The van der Waals surface area contributed by atoms with Crippen LogP contribution in [-0.4, -0.2) is 22.5 Å². The minimum Gasteiger partial charge on any atom is -0.490 e. The van der Waals surface area contributed by atoms with Crippen molar-refractivity contribution >= 4 is 64.9 Å². The van der Waals surface area contributed by atoms with E-state index in [1.54, 1.807) is 30.5 Å². The molecule has 4 rings (SSSR count). The summed E-state index contributed by atoms with van der Waals surface area (Å²) in [5.41, 5.74) is 1.73. The molecule has 0 amide bonds. The third-order valence-corrected chi connectivity index (χ3v) is 8.56. The molecule has 0 saturated carbocycles. The molecule has 1 heterocycles. The Labute approximate surface area is 245 Å². The molecule has 3 aromatic carbocycles. The van der Waals surface area contributed by atoms with Crippen LogP contribution in [0.1, 0.15) is 50.1 Å². The van der Waals surface area contributed by atoms with Gasteiger partial charge in [-0.25, -0.2) is 9.37 Å². The topological polar surface area (TPSA) is 65.7 Å². The molecule has 0 aliphatic carbocycles. The summed E-state index contributed by atoms with van der Waals surface area (Å²) in [5.74, 6) is 1.22. The Hall–Kier alpha value is -2.56. The van der Waals surface area contributed by atoms with E-state index in [-0.39, 0.29) is 23.9 Å². The van der Waals surface area contributed by atoms with Crippen LogP contribution in [0.5, 0.6) is 11.5 Å². The molecule has 0 saturated heterocycles. The first-order valence-corrected chi connectivity index (χ1v) is 14.4. The van der Waals surface area contributed by atoms with Crippen molar-refractivity contribution < 1.29 is 13.9 Å². The number of halogens is 4. The van der Waals surface area contributed by atoms with Gasteiger partial charge in [-0.2, -0.15) is 9.78 Å². The van der Waals surface area contributed by atoms with E-state index in [2.05, 4.69) is 52.9 Å². The summed E-state index contributed by atoms with van der Waals surface area (Å²) < 4.78 is 28.9. The molecule has 6 nitrogen and oxygen atoms in total. The zero-order chi connectivity index (χ0) is 27.4. The largest absolute Gasteiger partial charge is 0.490 e. The highest BCUT2D eigenvalue weighted by atomic mass is 79.9. The molecule has 10 heteroatoms. The first kappa shape index (κ1) is 28.4. The Kier molecular flexibility index (Phi) is 9.38. The number of fused-ring (bicyclic) bond motifs is 1. The molecular formula is C28H25Br3FN3O3. The zero-order valence-electron chi connectivity index (χ0n) is 21.0. The molecule has 1 aromatic heterocycles. The highest BCUT2D eigenvalue weighted by Gasteiger charge is 2.19. The quantitative estimate of drug-likeness (QED) is 0.165. The van der Waals surface area contributed by atoms with E-state index >= 15 is 0 Å². The lowest BCUT2D eigenvalue weighted by Crippen LogP contribution is -2.23. The first-order chi connectivity index (χ1) is 18.2. The van der Waals surface area contributed by atoms with E-state index in [9.17, 15) is 9.18 Å². The maximum absolute atomic E-state index is 13.6. The Balaban J connectivity index is 1.77. The highest BCUT2D eigenvalue weighted by molar-refractivity contribution is 9.13. The fraction of sp³-hybridized carbons (Fsp3) is 0.250. The average Bonchev–Trinajstić information content (AvgIpc) is 2.90. The number of benzene rings is 3. The summed E-state index contributed by atoms with van der Waals surface area (Å²) in [7, 11) is 0. The van der Waals surface area contributed by atoms with Gasteiger partial charge in [-0.15, -0.1) is 0 Å². The van der Waals surface area contributed by atoms with Crippen molar-refractivity contribution in [1.29, 1.82) is 0 Å². The fourth-order valence-corrected chi connectivity index (χ4v) is 5.07. The molecule has 0 radical (unpaired) electrons. The predicted octanol–water partition coefficient (Wildman–Crippen LogP) is 8.20. The maximum Gasteiger partial charge on any atom is 0.282 e. The molecule has 0 aliphatic rings. The minimum absolute atomic E-state index is 0.0145. The van der Waals surface area contributed by atoms with Gasteiger partial charge in [0.05, 0.1) is 28.2 Å². The van der Waals surface area contributed by atoms with Crippen molar-refractivity contribution in [3.63, 3.8) is 0 Å². The predicted molar refractivity (Wildman–Crippen MR) is 159 cm³/mol. The summed E-state index contributed by atoms with van der Waals surface area (Å²) in [6.07, 6.45) is 2.39. The second-order valence-electron chi connectivity index (χ2n) is 8.57. The Bertz CT molecular complexity index is 1570. The highest BCUT2D eigenvalue weighted by Crippen LogP contribution is 2.43. The van der Waals surface area contributed by atoms with E-state index in [1.807, 2.05) is 32.9 Å². The Morgan fingerprint density at radius 3 is 2.58 bits per heavy atom. The van der Waals surface area contributed by atoms with Crippen molar-refractivity contribution in [1.82, 2.24) is 9.66 Å². The van der Waals surface area contributed by atoms with Gasteiger partial charge >= 0.3 is 0 Å². The van der Waals surface area contributed by atoms with Crippen LogP contribution in [0.4, 0.5) is 4.39 Å². The number of rotatable bonds is 9. The summed E-state index contributed by atoms with van der Waals surface area (Å²) in [4.78, 5) is 18.2. The molecule has 1 atom stereocenters. The summed E-state index contributed by atoms with van der Waals surface area (Å²) >= 11 is 10.6. The maximum atomic E-state index is 13.6. The summed E-state index contributed by atoms with van der Waals surface area (Å²) in [5, 5.41) is 5.05. The molecule has 0 fully saturated rings. The monoisotopic (exact) mass is 707 g/mol. The lowest BCUT2D eigenvalue weighted by atomic mass is 10.1. The van der Waals surface area contributed by atoms with Crippen molar-refractivity contribution in [3.8, 4) is 11.5 Å². The molecule has 38 heavy (non-hydrogen) atoms. The van der Waals surface area contributed by atoms with E-state index < -0.39 is 0 Å². The second kappa shape index (κ2) is 12.5. The van der Waals surface area contributed by atoms with Crippen LogP contribution in [-0.2, 0) is 6.61 Å². The molecular weight excluding hydrogens is 685 g/mol. The van der Waals surface area contributed by atoms with Gasteiger partial charge in [-0.05, 0) is 87.2 Å². The minimum atomic E-state index is -0.328. The summed E-state index contributed by atoms with van der Waals surface area (Å²) in [6, 6.07) is 13.5. The SMILES string of the molecule is CCOc1cc(C=Nn2c([C@@H](C)CC)nc3ccc(Br)cc3c2=O)c(Br)c(Br)c1OCc1cccc(F)c1. The van der Waals surface area contributed by atoms with Gasteiger partial charge in [-0.3, -0.25) is 4.79 Å². The lowest BCUT2D eigenvalue weighted by molar-refractivity contribution is 0.267. The third-order valence-electron chi connectivity index (χ3n) is 5.93. The number of hydrogen-bond donors (Lipinski definition) is 0. The van der Waals surface area contributed by atoms with Crippen LogP contribution in [0, 0.1) is 5.82 Å². The summed E-state index contributed by atoms with van der Waals surface area (Å²) in [6.45, 7) is 6.49. The molecule has 198 valence electrons. The smallest absolute Gasteiger partial charge is 0.282 e. The van der Waals surface area contributed by atoms with Crippen LogP contribution < -0.4 is 15.0 Å². The molecule has 0 spiro atoms. The van der Waals surface area contributed by atoms with Crippen LogP contribution in [0.3, 0.4) is 0 Å². The number of ether oxygens (including phenoxy) is 2. The molecule has 0 aliphatic heterocycles. The van der Waals surface area contributed by atoms with E-state index in [1.165, 1.54) is 16.8 Å². The van der Waals surface area contributed by atoms with Gasteiger partial charge in [0.15, 0.2) is 11.5 Å². The first-order valence-electron chi connectivity index (χ1n) is 12.0. The van der Waals surface area contributed by atoms with Gasteiger partial charge in [0.2, 0.25) is 0 Å². The molecule has 0 N–H and O–H groups in total. The zero-order valence-corrected chi connectivity index (χ0v) is 25.7. The van der Waals surface area contributed by atoms with E-state index in [0.29, 0.717) is 54.9 Å². The van der Waals surface area contributed by atoms with Crippen molar-refractivity contribution in [3.05, 3.63) is 95.1 Å². The van der Waals surface area contributed by atoms with Crippen molar-refractivity contribution in [2.45, 2.75) is 39.7 Å². The van der Waals surface area contributed by atoms with Crippen LogP contribution >= 0.6 is 47.8 Å².